The number of sulfonamides is 1. The van der Waals surface area contributed by atoms with Crippen LogP contribution in [0.5, 0.6) is 0 Å². The number of hydrogen-bond acceptors (Lipinski definition) is 5. The van der Waals surface area contributed by atoms with Crippen LogP contribution in [0.2, 0.25) is 0 Å². The highest BCUT2D eigenvalue weighted by Crippen LogP contribution is 2.23. The molecule has 0 saturated carbocycles. The molecule has 0 saturated heterocycles. The van der Waals surface area contributed by atoms with Crippen molar-refractivity contribution in [3.63, 3.8) is 0 Å². The number of nitrogens with two attached hydrogens (primary N) is 1. The van der Waals surface area contributed by atoms with Gasteiger partial charge in [-0.2, -0.15) is 4.31 Å². The van der Waals surface area contributed by atoms with Crippen molar-refractivity contribution in [1.29, 1.82) is 0 Å². The van der Waals surface area contributed by atoms with Gasteiger partial charge in [-0.05, 0) is 30.7 Å². The summed E-state index contributed by atoms with van der Waals surface area (Å²) < 4.78 is 32.4. The van der Waals surface area contributed by atoms with Crippen LogP contribution in [-0.4, -0.2) is 38.9 Å². The Morgan fingerprint density at radius 1 is 1.08 bits per heavy atom. The number of benzene rings is 2. The van der Waals surface area contributed by atoms with Gasteiger partial charge in [0, 0.05) is 13.1 Å². The fraction of sp³-hybridized carbons (Fsp3) is 0.278. The lowest BCUT2D eigenvalue weighted by Gasteiger charge is -2.23. The molecule has 7 heteroatoms. The molecule has 0 unspecified atom stereocenters. The second kappa shape index (κ2) is 8.75. The van der Waals surface area contributed by atoms with Gasteiger partial charge in [0.25, 0.3) is 0 Å². The van der Waals surface area contributed by atoms with Crippen LogP contribution in [0, 0.1) is 0 Å². The van der Waals surface area contributed by atoms with Crippen LogP contribution in [0.25, 0.3) is 0 Å². The predicted octanol–water partition coefficient (Wildman–Crippen LogP) is 2.01. The van der Waals surface area contributed by atoms with Gasteiger partial charge in [0.2, 0.25) is 10.0 Å². The fourth-order valence-corrected chi connectivity index (χ4v) is 4.09. The van der Waals surface area contributed by atoms with Crippen molar-refractivity contribution in [2.75, 3.05) is 20.2 Å². The van der Waals surface area contributed by atoms with E-state index in [0.717, 1.165) is 5.56 Å². The van der Waals surface area contributed by atoms with E-state index in [1.165, 1.54) is 23.5 Å². The van der Waals surface area contributed by atoms with Crippen molar-refractivity contribution in [2.45, 2.75) is 17.9 Å². The first-order valence-corrected chi connectivity index (χ1v) is 9.36. The lowest BCUT2D eigenvalue weighted by atomic mass is 10.2. The van der Waals surface area contributed by atoms with E-state index in [2.05, 4.69) is 0 Å². The third-order valence-corrected chi connectivity index (χ3v) is 5.63. The first kappa shape index (κ1) is 19.1. The van der Waals surface area contributed by atoms with Gasteiger partial charge in [-0.25, -0.2) is 13.2 Å². The first-order valence-electron chi connectivity index (χ1n) is 7.92. The third-order valence-electron chi connectivity index (χ3n) is 3.72. The largest absolute Gasteiger partial charge is 0.465 e. The average molecular weight is 362 g/mol. The Hall–Kier alpha value is -2.22. The summed E-state index contributed by atoms with van der Waals surface area (Å²) in [6, 6.07) is 15.3. The Morgan fingerprint density at radius 3 is 2.36 bits per heavy atom. The van der Waals surface area contributed by atoms with Crippen LogP contribution in [-0.2, 0) is 21.3 Å². The molecule has 0 fully saturated rings. The molecule has 0 amide bonds. The van der Waals surface area contributed by atoms with E-state index >= 15 is 0 Å². The van der Waals surface area contributed by atoms with Crippen molar-refractivity contribution < 1.29 is 17.9 Å². The van der Waals surface area contributed by atoms with Crippen molar-refractivity contribution in [3.8, 4) is 0 Å². The number of ether oxygens (including phenoxy) is 1. The molecule has 134 valence electrons. The van der Waals surface area contributed by atoms with Crippen molar-refractivity contribution in [1.82, 2.24) is 4.31 Å². The van der Waals surface area contributed by atoms with E-state index < -0.39 is 16.0 Å². The maximum Gasteiger partial charge on any atom is 0.339 e. The summed E-state index contributed by atoms with van der Waals surface area (Å²) in [5, 5.41) is 0. The minimum Gasteiger partial charge on any atom is -0.465 e. The average Bonchev–Trinajstić information content (AvgIpc) is 2.65. The molecule has 0 spiro atoms. The number of carbonyl (C=O) groups excluding carboxylic acids is 1. The van der Waals surface area contributed by atoms with Gasteiger partial charge >= 0.3 is 5.97 Å². The van der Waals surface area contributed by atoms with Gasteiger partial charge in [-0.1, -0.05) is 42.5 Å². The van der Waals surface area contributed by atoms with Crippen LogP contribution in [0.15, 0.2) is 59.5 Å². The molecule has 0 aromatic heterocycles. The van der Waals surface area contributed by atoms with Crippen molar-refractivity contribution >= 4 is 16.0 Å². The minimum absolute atomic E-state index is 0.0239. The van der Waals surface area contributed by atoms with Gasteiger partial charge in [-0.3, -0.25) is 0 Å². The SMILES string of the molecule is COC(=O)c1ccccc1S(=O)(=O)N(CCCN)Cc1ccccc1. The van der Waals surface area contributed by atoms with Gasteiger partial charge in [-0.15, -0.1) is 0 Å². The topological polar surface area (TPSA) is 89.7 Å². The quantitative estimate of drug-likeness (QED) is 0.726. The number of hydrogen-bond donors (Lipinski definition) is 1. The van der Waals surface area contributed by atoms with E-state index in [-0.39, 0.29) is 23.5 Å². The number of methoxy groups -OCH3 is 1. The third kappa shape index (κ3) is 4.66. The molecule has 25 heavy (non-hydrogen) atoms. The molecule has 2 aromatic rings. The zero-order valence-corrected chi connectivity index (χ0v) is 14.9. The maximum absolute atomic E-state index is 13.2. The molecule has 2 aromatic carbocycles. The van der Waals surface area contributed by atoms with Crippen LogP contribution < -0.4 is 5.73 Å². The zero-order chi connectivity index (χ0) is 18.3. The maximum atomic E-state index is 13.2. The highest BCUT2D eigenvalue weighted by atomic mass is 32.2. The van der Waals surface area contributed by atoms with Gasteiger partial charge < -0.3 is 10.5 Å². The van der Waals surface area contributed by atoms with Crippen LogP contribution >= 0.6 is 0 Å². The molecule has 0 radical (unpaired) electrons. The fourth-order valence-electron chi connectivity index (χ4n) is 2.45. The highest BCUT2D eigenvalue weighted by molar-refractivity contribution is 7.89. The van der Waals surface area contributed by atoms with E-state index in [0.29, 0.717) is 13.0 Å². The van der Waals surface area contributed by atoms with Crippen LogP contribution in [0.4, 0.5) is 0 Å². The number of nitrogens with zero attached hydrogens (tertiary/aromatic N) is 1. The normalized spacial score (nSPS) is 11.5. The zero-order valence-electron chi connectivity index (χ0n) is 14.1. The van der Waals surface area contributed by atoms with E-state index in [1.54, 1.807) is 12.1 Å². The van der Waals surface area contributed by atoms with Crippen LogP contribution in [0.1, 0.15) is 22.3 Å². The van der Waals surface area contributed by atoms with Crippen molar-refractivity contribution in [3.05, 3.63) is 65.7 Å². The van der Waals surface area contributed by atoms with E-state index in [1.807, 2.05) is 30.3 Å². The Kier molecular flexibility index (Phi) is 6.69. The summed E-state index contributed by atoms with van der Waals surface area (Å²) in [6.45, 7) is 0.849. The summed E-state index contributed by atoms with van der Waals surface area (Å²) in [5.74, 6) is -0.683. The first-order chi connectivity index (χ1) is 12.0. The van der Waals surface area contributed by atoms with Crippen LogP contribution in [0.3, 0.4) is 0 Å². The number of carbonyl (C=O) groups is 1. The second-order valence-electron chi connectivity index (χ2n) is 5.45. The minimum atomic E-state index is -3.88. The smallest absolute Gasteiger partial charge is 0.339 e. The molecule has 0 bridgehead atoms. The molecular weight excluding hydrogens is 340 g/mol. The van der Waals surface area contributed by atoms with Gasteiger partial charge in [0.1, 0.15) is 0 Å². The Bertz CT molecular complexity index is 807. The monoisotopic (exact) mass is 362 g/mol. The molecular formula is C18H22N2O4S. The summed E-state index contributed by atoms with van der Waals surface area (Å²) in [4.78, 5) is 11.9. The molecule has 6 nitrogen and oxygen atoms in total. The summed E-state index contributed by atoms with van der Waals surface area (Å²) in [5.41, 5.74) is 6.44. The predicted molar refractivity (Wildman–Crippen MR) is 95.5 cm³/mol. The van der Waals surface area contributed by atoms with E-state index in [4.69, 9.17) is 10.5 Å². The van der Waals surface area contributed by atoms with Gasteiger partial charge in [0.05, 0.1) is 17.6 Å². The summed E-state index contributed by atoms with van der Waals surface area (Å²) in [6.07, 6.45) is 0.520. The molecule has 2 N–H and O–H groups in total. The Balaban J connectivity index is 2.43. The summed E-state index contributed by atoms with van der Waals surface area (Å²) >= 11 is 0. The molecule has 2 rings (SSSR count). The highest BCUT2D eigenvalue weighted by Gasteiger charge is 2.29. The Morgan fingerprint density at radius 2 is 1.72 bits per heavy atom. The molecule has 0 aliphatic heterocycles. The number of rotatable bonds is 8. The van der Waals surface area contributed by atoms with Gasteiger partial charge in [0.15, 0.2) is 0 Å². The van der Waals surface area contributed by atoms with Crippen molar-refractivity contribution in [2.24, 2.45) is 5.73 Å². The molecule has 0 aliphatic rings. The molecule has 0 atom stereocenters. The van der Waals surface area contributed by atoms with E-state index in [9.17, 15) is 13.2 Å². The lowest BCUT2D eigenvalue weighted by Crippen LogP contribution is -2.33. The Labute approximate surface area is 148 Å². The standard InChI is InChI=1S/C18H22N2O4S/c1-24-18(21)16-10-5-6-11-17(16)25(22,23)20(13-7-12-19)14-15-8-3-2-4-9-15/h2-6,8-11H,7,12-14,19H2,1H3. The summed E-state index contributed by atoms with van der Waals surface area (Å²) in [7, 11) is -2.66. The molecule has 0 heterocycles. The molecule has 0 aliphatic carbocycles. The second-order valence-corrected chi connectivity index (χ2v) is 7.36. The number of esters is 1. The lowest BCUT2D eigenvalue weighted by molar-refractivity contribution is 0.0596.